The lowest BCUT2D eigenvalue weighted by Gasteiger charge is -2.16. The summed E-state index contributed by atoms with van der Waals surface area (Å²) in [5.41, 5.74) is 1.13. The third-order valence-electron chi connectivity index (χ3n) is 4.33. The fraction of sp³-hybridized carbons (Fsp3) is 0.278. The average molecular weight is 392 g/mol. The van der Waals surface area contributed by atoms with E-state index in [1.54, 1.807) is 25.1 Å². The molecule has 1 N–H and O–H groups in total. The zero-order chi connectivity index (χ0) is 19.0. The van der Waals surface area contributed by atoms with E-state index in [9.17, 15) is 9.59 Å². The van der Waals surface area contributed by atoms with Crippen molar-refractivity contribution in [2.24, 2.45) is 0 Å². The van der Waals surface area contributed by atoms with Crippen molar-refractivity contribution in [2.45, 2.75) is 26.8 Å². The highest BCUT2D eigenvalue weighted by atomic mass is 35.5. The van der Waals surface area contributed by atoms with Gasteiger partial charge in [-0.05, 0) is 44.5 Å². The highest BCUT2D eigenvalue weighted by Crippen LogP contribution is 2.29. The topological polar surface area (TPSA) is 73.2 Å². The molecule has 8 heteroatoms. The Morgan fingerprint density at radius 1 is 1.38 bits per heavy atom. The van der Waals surface area contributed by atoms with Crippen LogP contribution in [0, 0.1) is 13.8 Å². The number of nitrogens with zero attached hydrogens (tertiary/aromatic N) is 2. The molecule has 0 radical (unpaired) electrons. The Balaban J connectivity index is 1.96. The first kappa shape index (κ1) is 18.4. The van der Waals surface area contributed by atoms with Crippen molar-refractivity contribution in [1.82, 2.24) is 9.55 Å². The van der Waals surface area contributed by atoms with Crippen LogP contribution in [0.3, 0.4) is 0 Å². The summed E-state index contributed by atoms with van der Waals surface area (Å²) in [7, 11) is 1.51. The number of benzene rings is 1. The number of aryl methyl sites for hydroxylation is 2. The Hall–Kier alpha value is -2.38. The molecule has 0 saturated carbocycles. The quantitative estimate of drug-likeness (QED) is 0.731. The first-order chi connectivity index (χ1) is 12.3. The lowest BCUT2D eigenvalue weighted by molar-refractivity contribution is -0.118. The summed E-state index contributed by atoms with van der Waals surface area (Å²) >= 11 is 7.47. The second kappa shape index (κ2) is 7.09. The number of thiophene rings is 1. The van der Waals surface area contributed by atoms with Crippen LogP contribution in [0.5, 0.6) is 5.75 Å². The van der Waals surface area contributed by atoms with Crippen LogP contribution in [-0.4, -0.2) is 22.6 Å². The lowest BCUT2D eigenvalue weighted by Crippen LogP contribution is -2.31. The molecule has 1 amide bonds. The smallest absolute Gasteiger partial charge is 0.263 e. The molecule has 2 aromatic heterocycles. The van der Waals surface area contributed by atoms with Gasteiger partial charge in [0, 0.05) is 9.90 Å². The van der Waals surface area contributed by atoms with E-state index in [2.05, 4.69) is 10.3 Å². The van der Waals surface area contributed by atoms with Gasteiger partial charge >= 0.3 is 0 Å². The molecule has 136 valence electrons. The fourth-order valence-corrected chi connectivity index (χ4v) is 3.82. The van der Waals surface area contributed by atoms with Gasteiger partial charge in [-0.3, -0.25) is 14.2 Å². The number of aromatic nitrogens is 2. The Bertz CT molecular complexity index is 1060. The lowest BCUT2D eigenvalue weighted by atomic mass is 10.2. The number of ether oxygens (including phenoxy) is 1. The number of hydrogen-bond donors (Lipinski definition) is 1. The molecule has 0 fully saturated rings. The van der Waals surface area contributed by atoms with Gasteiger partial charge in [-0.1, -0.05) is 11.6 Å². The molecule has 0 aliphatic carbocycles. The summed E-state index contributed by atoms with van der Waals surface area (Å²) in [6.45, 7) is 5.49. The summed E-state index contributed by atoms with van der Waals surface area (Å²) in [6.07, 6.45) is 1.42. The molecular weight excluding hydrogens is 374 g/mol. The monoisotopic (exact) mass is 391 g/mol. The van der Waals surface area contributed by atoms with Gasteiger partial charge in [0.2, 0.25) is 5.91 Å². The molecule has 1 atom stereocenters. The van der Waals surface area contributed by atoms with Gasteiger partial charge in [0.25, 0.3) is 5.56 Å². The van der Waals surface area contributed by atoms with Gasteiger partial charge in [-0.25, -0.2) is 4.98 Å². The molecule has 26 heavy (non-hydrogen) atoms. The standard InChI is InChI=1S/C18H18ClN3O3S/c1-9-11(3)26-17-15(9)18(24)22(8-20-17)10(2)16(23)21-13-7-12(19)5-6-14(13)25-4/h5-8,10H,1-4H3,(H,21,23)/t10-/m0/s1. The second-order valence-electron chi connectivity index (χ2n) is 5.93. The van der Waals surface area contributed by atoms with Crippen LogP contribution in [0.1, 0.15) is 23.4 Å². The predicted octanol–water partition coefficient (Wildman–Crippen LogP) is 3.94. The maximum absolute atomic E-state index is 12.8. The number of fused-ring (bicyclic) bond motifs is 1. The van der Waals surface area contributed by atoms with Crippen molar-refractivity contribution in [2.75, 3.05) is 12.4 Å². The zero-order valence-corrected chi connectivity index (χ0v) is 16.4. The molecule has 6 nitrogen and oxygen atoms in total. The number of hydrogen-bond acceptors (Lipinski definition) is 5. The SMILES string of the molecule is COc1ccc(Cl)cc1NC(=O)[C@H](C)n1cnc2sc(C)c(C)c2c1=O. The molecule has 0 aliphatic heterocycles. The van der Waals surface area contributed by atoms with Crippen LogP contribution in [-0.2, 0) is 4.79 Å². The Morgan fingerprint density at radius 3 is 2.81 bits per heavy atom. The number of methoxy groups -OCH3 is 1. The Morgan fingerprint density at radius 2 is 2.12 bits per heavy atom. The maximum atomic E-state index is 12.8. The molecule has 0 saturated heterocycles. The number of anilines is 1. The third-order valence-corrected chi connectivity index (χ3v) is 5.68. The molecule has 2 heterocycles. The van der Waals surface area contributed by atoms with Gasteiger partial charge in [0.05, 0.1) is 24.5 Å². The van der Waals surface area contributed by atoms with Gasteiger partial charge in [0.1, 0.15) is 16.6 Å². The highest BCUT2D eigenvalue weighted by molar-refractivity contribution is 7.18. The van der Waals surface area contributed by atoms with E-state index in [1.165, 1.54) is 29.3 Å². The Labute approximate surface area is 159 Å². The van der Waals surface area contributed by atoms with Crippen molar-refractivity contribution >= 4 is 44.7 Å². The fourth-order valence-electron chi connectivity index (χ4n) is 2.67. The van der Waals surface area contributed by atoms with Crippen LogP contribution < -0.4 is 15.6 Å². The molecule has 0 bridgehead atoms. The second-order valence-corrected chi connectivity index (χ2v) is 7.57. The summed E-state index contributed by atoms with van der Waals surface area (Å²) in [5, 5.41) is 3.80. The predicted molar refractivity (Wildman–Crippen MR) is 105 cm³/mol. The molecule has 3 aromatic rings. The largest absolute Gasteiger partial charge is 0.495 e. The minimum absolute atomic E-state index is 0.224. The molecular formula is C18H18ClN3O3S. The Kier molecular flexibility index (Phi) is 5.02. The van der Waals surface area contributed by atoms with E-state index in [4.69, 9.17) is 16.3 Å². The summed E-state index contributed by atoms with van der Waals surface area (Å²) < 4.78 is 6.57. The number of carbonyl (C=O) groups excluding carboxylic acids is 1. The highest BCUT2D eigenvalue weighted by Gasteiger charge is 2.21. The van der Waals surface area contributed by atoms with Crippen LogP contribution in [0.15, 0.2) is 29.3 Å². The molecule has 0 unspecified atom stereocenters. The van der Waals surface area contributed by atoms with Crippen LogP contribution in [0.2, 0.25) is 5.02 Å². The molecule has 1 aromatic carbocycles. The van der Waals surface area contributed by atoms with Crippen LogP contribution in [0.25, 0.3) is 10.2 Å². The zero-order valence-electron chi connectivity index (χ0n) is 14.8. The summed E-state index contributed by atoms with van der Waals surface area (Å²) in [4.78, 5) is 31.6. The van der Waals surface area contributed by atoms with E-state index in [-0.39, 0.29) is 11.5 Å². The molecule has 3 rings (SSSR count). The minimum atomic E-state index is -0.748. The van der Waals surface area contributed by atoms with Gasteiger partial charge in [-0.2, -0.15) is 0 Å². The van der Waals surface area contributed by atoms with Crippen molar-refractivity contribution in [3.63, 3.8) is 0 Å². The first-order valence-electron chi connectivity index (χ1n) is 7.94. The summed E-state index contributed by atoms with van der Waals surface area (Å²) in [6, 6.07) is 4.19. The molecule has 0 aliphatic rings. The van der Waals surface area contributed by atoms with Crippen molar-refractivity contribution in [3.05, 3.63) is 50.3 Å². The summed E-state index contributed by atoms with van der Waals surface area (Å²) in [5.74, 6) is 0.124. The van der Waals surface area contributed by atoms with Crippen LogP contribution >= 0.6 is 22.9 Å². The molecule has 0 spiro atoms. The number of carbonyl (C=O) groups is 1. The van der Waals surface area contributed by atoms with Gasteiger partial charge < -0.3 is 10.1 Å². The number of nitrogens with one attached hydrogen (secondary N) is 1. The van der Waals surface area contributed by atoms with E-state index in [0.717, 1.165) is 10.4 Å². The average Bonchev–Trinajstić information content (AvgIpc) is 2.90. The van der Waals surface area contributed by atoms with E-state index in [0.29, 0.717) is 26.7 Å². The van der Waals surface area contributed by atoms with Crippen molar-refractivity contribution < 1.29 is 9.53 Å². The normalized spacial score (nSPS) is 12.2. The number of rotatable bonds is 4. The van der Waals surface area contributed by atoms with Crippen LogP contribution in [0.4, 0.5) is 5.69 Å². The van der Waals surface area contributed by atoms with E-state index < -0.39 is 6.04 Å². The van der Waals surface area contributed by atoms with E-state index >= 15 is 0 Å². The first-order valence-corrected chi connectivity index (χ1v) is 9.14. The minimum Gasteiger partial charge on any atom is -0.495 e. The maximum Gasteiger partial charge on any atom is 0.263 e. The van der Waals surface area contributed by atoms with Gasteiger partial charge in [0.15, 0.2) is 0 Å². The van der Waals surface area contributed by atoms with Gasteiger partial charge in [-0.15, -0.1) is 11.3 Å². The number of amides is 1. The van der Waals surface area contributed by atoms with E-state index in [1.807, 2.05) is 13.8 Å². The van der Waals surface area contributed by atoms with Crippen molar-refractivity contribution in [1.29, 1.82) is 0 Å². The number of halogens is 1. The van der Waals surface area contributed by atoms with Crippen molar-refractivity contribution in [3.8, 4) is 5.75 Å². The third kappa shape index (κ3) is 3.20.